The zero-order chi connectivity index (χ0) is 17.7. The number of anilines is 2. The van der Waals surface area contributed by atoms with Crippen LogP contribution in [0.1, 0.15) is 30.9 Å². The minimum absolute atomic E-state index is 0.0715. The molecule has 1 amide bonds. The van der Waals surface area contributed by atoms with E-state index in [4.69, 9.17) is 0 Å². The number of carbonyl (C=O) groups excluding carboxylic acids is 1. The summed E-state index contributed by atoms with van der Waals surface area (Å²) in [7, 11) is 0. The quantitative estimate of drug-likeness (QED) is 0.784. The maximum Gasteiger partial charge on any atom is 0.249 e. The van der Waals surface area contributed by atoms with Gasteiger partial charge in [-0.25, -0.2) is 15.0 Å². The number of hydrogen-bond acceptors (Lipinski definition) is 5. The molecule has 1 saturated heterocycles. The fraction of sp³-hybridized carbons (Fsp3) is 0.368. The number of imidazole rings is 1. The number of aryl methyl sites for hydroxylation is 1. The Morgan fingerprint density at radius 2 is 1.88 bits per heavy atom. The third kappa shape index (κ3) is 2.51. The third-order valence-electron chi connectivity index (χ3n) is 5.16. The first-order valence-electron chi connectivity index (χ1n) is 9.03. The molecule has 7 nitrogen and oxygen atoms in total. The zero-order valence-corrected chi connectivity index (χ0v) is 14.6. The lowest BCUT2D eigenvalue weighted by Crippen LogP contribution is -2.33. The van der Waals surface area contributed by atoms with Crippen molar-refractivity contribution in [1.82, 2.24) is 19.5 Å². The summed E-state index contributed by atoms with van der Waals surface area (Å²) < 4.78 is 2.11. The van der Waals surface area contributed by atoms with Crippen LogP contribution in [0.5, 0.6) is 0 Å². The molecule has 0 spiro atoms. The van der Waals surface area contributed by atoms with Crippen molar-refractivity contribution in [3.05, 3.63) is 42.5 Å². The Labute approximate surface area is 151 Å². The normalized spacial score (nSPS) is 20.1. The van der Waals surface area contributed by atoms with Gasteiger partial charge in [0.2, 0.25) is 5.91 Å². The lowest BCUT2D eigenvalue weighted by molar-refractivity contribution is -0.117. The largest absolute Gasteiger partial charge is 0.356 e. The van der Waals surface area contributed by atoms with Gasteiger partial charge in [0, 0.05) is 18.3 Å². The molecule has 0 bridgehead atoms. The lowest BCUT2D eigenvalue weighted by Gasteiger charge is -2.17. The molecule has 1 saturated carbocycles. The molecular formula is C19H20N6O. The molecule has 2 aliphatic rings. The molecule has 3 aromatic rings. The fourth-order valence-electron chi connectivity index (χ4n) is 3.54. The highest BCUT2D eigenvalue weighted by molar-refractivity contribution is 6.01. The molecule has 1 aromatic carbocycles. The van der Waals surface area contributed by atoms with Crippen LogP contribution in [0.3, 0.4) is 0 Å². The predicted octanol–water partition coefficient (Wildman–Crippen LogP) is 2.69. The van der Waals surface area contributed by atoms with Crippen molar-refractivity contribution in [3.63, 3.8) is 0 Å². The molecule has 2 fully saturated rings. The van der Waals surface area contributed by atoms with E-state index >= 15 is 0 Å². The van der Waals surface area contributed by atoms with Crippen LogP contribution >= 0.6 is 0 Å². The Bertz CT molecular complexity index is 975. The number of hydrogen-bond donors (Lipinski definition) is 1. The van der Waals surface area contributed by atoms with E-state index in [0.717, 1.165) is 23.3 Å². The van der Waals surface area contributed by atoms with Crippen LogP contribution in [-0.4, -0.2) is 38.0 Å². The molecule has 1 N–H and O–H groups in total. The van der Waals surface area contributed by atoms with Gasteiger partial charge in [0.15, 0.2) is 11.5 Å². The fourth-order valence-corrected chi connectivity index (χ4v) is 3.54. The van der Waals surface area contributed by atoms with E-state index in [1.54, 1.807) is 6.33 Å². The summed E-state index contributed by atoms with van der Waals surface area (Å²) in [6.45, 7) is 2.74. The minimum atomic E-state index is -0.291. The SMILES string of the molecule is Cc1ccc(N2CCC(Nc3ncnc4c3ncn4C3CC3)C2=O)cc1. The standard InChI is InChI=1S/C19H20N6O/c1-12-2-4-13(5-3-12)24-9-8-15(19(24)26)23-17-16-18(21-10-20-17)25(11-22-16)14-6-7-14/h2-5,10-11,14-15H,6-9H2,1H3,(H,20,21,23). The molecule has 1 aliphatic carbocycles. The van der Waals surface area contributed by atoms with Gasteiger partial charge in [-0.1, -0.05) is 17.7 Å². The van der Waals surface area contributed by atoms with E-state index in [-0.39, 0.29) is 11.9 Å². The number of carbonyl (C=O) groups is 1. The average molecular weight is 348 g/mol. The van der Waals surface area contributed by atoms with Crippen LogP contribution in [0.2, 0.25) is 0 Å². The smallest absolute Gasteiger partial charge is 0.249 e. The molecular weight excluding hydrogens is 328 g/mol. The minimum Gasteiger partial charge on any atom is -0.356 e. The average Bonchev–Trinajstić information content (AvgIpc) is 3.30. The molecule has 132 valence electrons. The Morgan fingerprint density at radius 3 is 2.65 bits per heavy atom. The van der Waals surface area contributed by atoms with Crippen molar-refractivity contribution in [3.8, 4) is 0 Å². The zero-order valence-electron chi connectivity index (χ0n) is 14.6. The monoisotopic (exact) mass is 348 g/mol. The van der Waals surface area contributed by atoms with Gasteiger partial charge >= 0.3 is 0 Å². The molecule has 0 radical (unpaired) electrons. The van der Waals surface area contributed by atoms with E-state index in [9.17, 15) is 4.79 Å². The van der Waals surface area contributed by atoms with Crippen molar-refractivity contribution in [2.24, 2.45) is 0 Å². The van der Waals surface area contributed by atoms with Gasteiger partial charge in [0.1, 0.15) is 17.9 Å². The first-order chi connectivity index (χ1) is 12.7. The summed E-state index contributed by atoms with van der Waals surface area (Å²) in [4.78, 5) is 27.9. The summed E-state index contributed by atoms with van der Waals surface area (Å²) in [5.74, 6) is 0.709. The van der Waals surface area contributed by atoms with Crippen molar-refractivity contribution in [1.29, 1.82) is 0 Å². The van der Waals surface area contributed by atoms with Gasteiger partial charge in [-0.15, -0.1) is 0 Å². The molecule has 7 heteroatoms. The molecule has 1 aliphatic heterocycles. The van der Waals surface area contributed by atoms with E-state index in [0.29, 0.717) is 18.4 Å². The van der Waals surface area contributed by atoms with Crippen LogP contribution < -0.4 is 10.2 Å². The van der Waals surface area contributed by atoms with Crippen molar-refractivity contribution >= 4 is 28.6 Å². The van der Waals surface area contributed by atoms with Crippen LogP contribution in [0.4, 0.5) is 11.5 Å². The lowest BCUT2D eigenvalue weighted by atomic mass is 10.2. The summed E-state index contributed by atoms with van der Waals surface area (Å²) in [5.41, 5.74) is 3.70. The molecule has 1 unspecified atom stereocenters. The van der Waals surface area contributed by atoms with Crippen LogP contribution in [0.15, 0.2) is 36.9 Å². The molecule has 3 heterocycles. The number of benzene rings is 1. The number of fused-ring (bicyclic) bond motifs is 1. The van der Waals surface area contributed by atoms with Gasteiger partial charge in [0.05, 0.1) is 6.33 Å². The summed E-state index contributed by atoms with van der Waals surface area (Å²) >= 11 is 0. The number of amides is 1. The van der Waals surface area contributed by atoms with E-state index in [1.807, 2.05) is 42.4 Å². The molecule has 2 aromatic heterocycles. The first kappa shape index (κ1) is 15.3. The third-order valence-corrected chi connectivity index (χ3v) is 5.16. The Morgan fingerprint density at radius 1 is 1.08 bits per heavy atom. The van der Waals surface area contributed by atoms with Crippen molar-refractivity contribution < 1.29 is 4.79 Å². The molecule has 1 atom stereocenters. The highest BCUT2D eigenvalue weighted by atomic mass is 16.2. The summed E-state index contributed by atoms with van der Waals surface area (Å²) in [5, 5.41) is 3.30. The summed E-state index contributed by atoms with van der Waals surface area (Å²) in [6.07, 6.45) is 6.46. The van der Waals surface area contributed by atoms with E-state index in [2.05, 4.69) is 24.8 Å². The number of rotatable bonds is 4. The van der Waals surface area contributed by atoms with Crippen LogP contribution in [0, 0.1) is 6.92 Å². The van der Waals surface area contributed by atoms with Gasteiger partial charge in [-0.2, -0.15) is 0 Å². The summed E-state index contributed by atoms with van der Waals surface area (Å²) in [6, 6.07) is 8.27. The maximum atomic E-state index is 12.8. The van der Waals surface area contributed by atoms with Crippen molar-refractivity contribution in [2.45, 2.75) is 38.3 Å². The first-order valence-corrected chi connectivity index (χ1v) is 9.03. The highest BCUT2D eigenvalue weighted by Crippen LogP contribution is 2.37. The second-order valence-corrected chi connectivity index (χ2v) is 7.09. The predicted molar refractivity (Wildman–Crippen MR) is 99.2 cm³/mol. The Balaban J connectivity index is 1.39. The van der Waals surface area contributed by atoms with Gasteiger partial charge < -0.3 is 14.8 Å². The van der Waals surface area contributed by atoms with E-state index < -0.39 is 0 Å². The second kappa shape index (κ2) is 5.79. The Hall–Kier alpha value is -2.96. The van der Waals surface area contributed by atoms with Gasteiger partial charge in [-0.05, 0) is 38.3 Å². The van der Waals surface area contributed by atoms with Crippen LogP contribution in [-0.2, 0) is 4.79 Å². The maximum absolute atomic E-state index is 12.8. The van der Waals surface area contributed by atoms with E-state index in [1.165, 1.54) is 18.4 Å². The number of nitrogens with zero attached hydrogens (tertiary/aromatic N) is 5. The highest BCUT2D eigenvalue weighted by Gasteiger charge is 2.33. The molecule has 5 rings (SSSR count). The van der Waals surface area contributed by atoms with Crippen molar-refractivity contribution in [2.75, 3.05) is 16.8 Å². The van der Waals surface area contributed by atoms with Gasteiger partial charge in [-0.3, -0.25) is 4.79 Å². The number of aromatic nitrogens is 4. The molecule has 26 heavy (non-hydrogen) atoms. The topological polar surface area (TPSA) is 75.9 Å². The second-order valence-electron chi connectivity index (χ2n) is 7.09. The Kier molecular flexibility index (Phi) is 3.41. The number of nitrogens with one attached hydrogen (secondary N) is 1. The van der Waals surface area contributed by atoms with Gasteiger partial charge in [0.25, 0.3) is 0 Å². The van der Waals surface area contributed by atoms with Crippen LogP contribution in [0.25, 0.3) is 11.2 Å².